The Kier molecular flexibility index (Phi) is 4.43. The van der Waals surface area contributed by atoms with E-state index in [1.807, 2.05) is 0 Å². The lowest BCUT2D eigenvalue weighted by molar-refractivity contribution is -0.149. The number of alkyl halides is 2. The van der Waals surface area contributed by atoms with E-state index >= 15 is 0 Å². The smallest absolute Gasteiger partial charge is 0.317 e. The molecule has 1 aromatic carbocycles. The Bertz CT molecular complexity index is 635. The van der Waals surface area contributed by atoms with Crippen LogP contribution in [-0.4, -0.2) is 35.1 Å². The summed E-state index contributed by atoms with van der Waals surface area (Å²) < 4.78 is 25.0. The molecule has 130 valence electrons. The quantitative estimate of drug-likeness (QED) is 0.887. The van der Waals surface area contributed by atoms with E-state index in [0.717, 1.165) is 18.4 Å². The van der Waals surface area contributed by atoms with Gasteiger partial charge < -0.3 is 15.3 Å². The van der Waals surface area contributed by atoms with E-state index in [2.05, 4.69) is 5.32 Å². The van der Waals surface area contributed by atoms with Gasteiger partial charge in [-0.15, -0.1) is 0 Å². The van der Waals surface area contributed by atoms with Crippen molar-refractivity contribution in [1.29, 1.82) is 0 Å². The molecule has 0 unspecified atom stereocenters. The molecule has 3 rings (SSSR count). The molecule has 2 amide bonds. The number of urea groups is 1. The fourth-order valence-electron chi connectivity index (χ4n) is 3.86. The van der Waals surface area contributed by atoms with Gasteiger partial charge in [-0.2, -0.15) is 0 Å². The molecule has 0 radical (unpaired) electrons. The van der Waals surface area contributed by atoms with Gasteiger partial charge >= 0.3 is 12.0 Å². The van der Waals surface area contributed by atoms with Crippen LogP contribution in [0.1, 0.15) is 36.8 Å². The van der Waals surface area contributed by atoms with Crippen LogP contribution in [0, 0.1) is 11.3 Å². The van der Waals surface area contributed by atoms with Gasteiger partial charge in [-0.25, -0.2) is 13.6 Å². The van der Waals surface area contributed by atoms with E-state index < -0.39 is 17.8 Å². The van der Waals surface area contributed by atoms with Gasteiger partial charge in [0, 0.05) is 25.2 Å². The van der Waals surface area contributed by atoms with E-state index in [0.29, 0.717) is 13.0 Å². The number of carbonyl (C=O) groups is 2. The summed E-state index contributed by atoms with van der Waals surface area (Å²) in [5.41, 5.74) is -0.128. The molecule has 7 heteroatoms. The van der Waals surface area contributed by atoms with E-state index in [4.69, 9.17) is 0 Å². The third-order valence-electron chi connectivity index (χ3n) is 5.26. The summed E-state index contributed by atoms with van der Waals surface area (Å²) in [5.74, 6) is -0.797. The van der Waals surface area contributed by atoms with Gasteiger partial charge in [-0.05, 0) is 24.3 Å². The largest absolute Gasteiger partial charge is 0.481 e. The first-order valence-electron chi connectivity index (χ1n) is 8.05. The Balaban J connectivity index is 1.57. The Labute approximate surface area is 138 Å². The standard InChI is InChI=1S/C17H20F2N2O3/c18-14(19)12-5-3-11(4-6-12)8-20-16(24)21-9-13-2-1-7-17(13,10-21)15(22)23/h3-6,13-14H,1-2,7-10H2,(H,20,24)(H,22,23)/t13-,17+/m0/s1. The van der Waals surface area contributed by atoms with E-state index in [1.54, 1.807) is 17.0 Å². The number of aliphatic carboxylic acids is 1. The molecule has 1 aliphatic heterocycles. The molecule has 2 atom stereocenters. The number of carbonyl (C=O) groups excluding carboxylic acids is 1. The number of fused-ring (bicyclic) bond motifs is 1. The van der Waals surface area contributed by atoms with Crippen LogP contribution in [0.3, 0.4) is 0 Å². The summed E-state index contributed by atoms with van der Waals surface area (Å²) in [7, 11) is 0. The van der Waals surface area contributed by atoms with Crippen molar-refractivity contribution in [2.45, 2.75) is 32.2 Å². The summed E-state index contributed by atoms with van der Waals surface area (Å²) in [5, 5.41) is 12.3. The van der Waals surface area contributed by atoms with Gasteiger partial charge in [0.15, 0.2) is 0 Å². The normalized spacial score (nSPS) is 25.8. The first-order valence-corrected chi connectivity index (χ1v) is 8.05. The molecule has 2 N–H and O–H groups in total. The Morgan fingerprint density at radius 1 is 1.33 bits per heavy atom. The zero-order valence-electron chi connectivity index (χ0n) is 13.2. The number of hydrogen-bond acceptors (Lipinski definition) is 2. The molecule has 1 saturated heterocycles. The predicted molar refractivity (Wildman–Crippen MR) is 82.6 cm³/mol. The van der Waals surface area contributed by atoms with Crippen LogP contribution >= 0.6 is 0 Å². The Morgan fingerprint density at radius 3 is 2.62 bits per heavy atom. The van der Waals surface area contributed by atoms with Crippen molar-refractivity contribution in [1.82, 2.24) is 10.2 Å². The zero-order chi connectivity index (χ0) is 17.3. The molecular weight excluding hydrogens is 318 g/mol. The summed E-state index contributed by atoms with van der Waals surface area (Å²) >= 11 is 0. The van der Waals surface area contributed by atoms with Gasteiger partial charge in [-0.3, -0.25) is 4.79 Å². The van der Waals surface area contributed by atoms with Crippen LogP contribution in [0.5, 0.6) is 0 Å². The van der Waals surface area contributed by atoms with Crippen LogP contribution < -0.4 is 5.32 Å². The van der Waals surface area contributed by atoms with Gasteiger partial charge in [0.1, 0.15) is 0 Å². The van der Waals surface area contributed by atoms with Crippen molar-refractivity contribution in [3.05, 3.63) is 35.4 Å². The highest BCUT2D eigenvalue weighted by Gasteiger charge is 2.55. The van der Waals surface area contributed by atoms with Crippen molar-refractivity contribution in [2.24, 2.45) is 11.3 Å². The average molecular weight is 338 g/mol. The van der Waals surface area contributed by atoms with E-state index in [1.165, 1.54) is 12.1 Å². The van der Waals surface area contributed by atoms with Crippen molar-refractivity contribution in [3.8, 4) is 0 Å². The third-order valence-corrected chi connectivity index (χ3v) is 5.26. The van der Waals surface area contributed by atoms with Crippen molar-refractivity contribution >= 4 is 12.0 Å². The Hall–Kier alpha value is -2.18. The molecule has 2 fully saturated rings. The maximum Gasteiger partial charge on any atom is 0.317 e. The molecule has 0 spiro atoms. The van der Waals surface area contributed by atoms with Gasteiger partial charge in [0.25, 0.3) is 6.43 Å². The van der Waals surface area contributed by atoms with Crippen LogP contribution in [0.2, 0.25) is 0 Å². The number of likely N-dealkylation sites (tertiary alicyclic amines) is 1. The van der Waals surface area contributed by atoms with Crippen molar-refractivity contribution in [3.63, 3.8) is 0 Å². The SMILES string of the molecule is O=C(NCc1ccc(C(F)F)cc1)N1C[C@@H]2CCC[C@@]2(C(=O)O)C1. The van der Waals surface area contributed by atoms with Gasteiger partial charge in [-0.1, -0.05) is 30.7 Å². The second-order valence-electron chi connectivity index (χ2n) is 6.63. The monoisotopic (exact) mass is 338 g/mol. The number of carboxylic acid groups (broad SMARTS) is 1. The second kappa shape index (κ2) is 6.37. The summed E-state index contributed by atoms with van der Waals surface area (Å²) in [6.45, 7) is 0.926. The molecule has 0 bridgehead atoms. The number of carboxylic acids is 1. The molecule has 5 nitrogen and oxygen atoms in total. The van der Waals surface area contributed by atoms with Crippen LogP contribution in [0.4, 0.5) is 13.6 Å². The molecular formula is C17H20F2N2O3. The lowest BCUT2D eigenvalue weighted by Gasteiger charge is -2.23. The number of nitrogens with zero attached hydrogens (tertiary/aromatic N) is 1. The average Bonchev–Trinajstić information content (AvgIpc) is 3.11. The minimum absolute atomic E-state index is 0.0195. The predicted octanol–water partition coefficient (Wildman–Crippen LogP) is 3.02. The van der Waals surface area contributed by atoms with Crippen LogP contribution in [0.15, 0.2) is 24.3 Å². The van der Waals surface area contributed by atoms with Crippen LogP contribution in [-0.2, 0) is 11.3 Å². The highest BCUT2D eigenvalue weighted by molar-refractivity contribution is 5.80. The lowest BCUT2D eigenvalue weighted by atomic mass is 9.81. The number of nitrogens with one attached hydrogen (secondary N) is 1. The number of hydrogen-bond donors (Lipinski definition) is 2. The van der Waals surface area contributed by atoms with E-state index in [9.17, 15) is 23.5 Å². The molecule has 1 saturated carbocycles. The first kappa shape index (κ1) is 16.7. The highest BCUT2D eigenvalue weighted by atomic mass is 19.3. The minimum atomic E-state index is -2.51. The van der Waals surface area contributed by atoms with Gasteiger partial charge in [0.05, 0.1) is 5.41 Å². The second-order valence-corrected chi connectivity index (χ2v) is 6.63. The molecule has 1 aliphatic carbocycles. The summed E-state index contributed by atoms with van der Waals surface area (Å²) in [6.07, 6.45) is -0.162. The fraction of sp³-hybridized carbons (Fsp3) is 0.529. The summed E-state index contributed by atoms with van der Waals surface area (Å²) in [6, 6.07) is 5.48. The summed E-state index contributed by atoms with van der Waals surface area (Å²) in [4.78, 5) is 25.5. The van der Waals surface area contributed by atoms with E-state index in [-0.39, 0.29) is 30.6 Å². The molecule has 1 heterocycles. The van der Waals surface area contributed by atoms with Crippen molar-refractivity contribution < 1.29 is 23.5 Å². The Morgan fingerprint density at radius 2 is 2.04 bits per heavy atom. The number of rotatable bonds is 4. The van der Waals surface area contributed by atoms with Crippen molar-refractivity contribution in [2.75, 3.05) is 13.1 Å². The molecule has 0 aromatic heterocycles. The zero-order valence-corrected chi connectivity index (χ0v) is 13.2. The minimum Gasteiger partial charge on any atom is -0.481 e. The number of amides is 2. The van der Waals surface area contributed by atoms with Gasteiger partial charge in [0.2, 0.25) is 0 Å². The topological polar surface area (TPSA) is 69.6 Å². The highest BCUT2D eigenvalue weighted by Crippen LogP contribution is 2.48. The first-order chi connectivity index (χ1) is 11.4. The third kappa shape index (κ3) is 2.95. The van der Waals surface area contributed by atoms with Crippen LogP contribution in [0.25, 0.3) is 0 Å². The molecule has 2 aliphatic rings. The fourth-order valence-corrected chi connectivity index (χ4v) is 3.86. The lowest BCUT2D eigenvalue weighted by Crippen LogP contribution is -2.41. The molecule has 1 aromatic rings. The maximum absolute atomic E-state index is 12.5. The number of benzene rings is 1. The maximum atomic E-state index is 12.5. The number of halogens is 2. The molecule has 24 heavy (non-hydrogen) atoms.